The first kappa shape index (κ1) is 17.1. The van der Waals surface area contributed by atoms with E-state index in [-0.39, 0.29) is 25.1 Å². The van der Waals surface area contributed by atoms with Crippen molar-refractivity contribution >= 4 is 71.7 Å². The fourth-order valence-corrected chi connectivity index (χ4v) is 4.18. The highest BCUT2D eigenvalue weighted by Gasteiger charge is 2.27. The van der Waals surface area contributed by atoms with Gasteiger partial charge in [0.1, 0.15) is 0 Å². The van der Waals surface area contributed by atoms with Crippen molar-refractivity contribution in [1.82, 2.24) is 0 Å². The molecule has 0 aliphatic carbocycles. The molecule has 0 bridgehead atoms. The van der Waals surface area contributed by atoms with Crippen LogP contribution in [0.4, 0.5) is 0 Å². The maximum Gasteiger partial charge on any atom is 0.208 e. The van der Waals surface area contributed by atoms with E-state index in [1.807, 2.05) is 13.8 Å². The van der Waals surface area contributed by atoms with Gasteiger partial charge in [-0.2, -0.15) is 0 Å². The van der Waals surface area contributed by atoms with E-state index in [2.05, 4.69) is 0 Å². The van der Waals surface area contributed by atoms with Gasteiger partial charge in [-0.3, -0.25) is 0 Å². The molecular formula is C10H10Cl5O2P. The molecule has 0 heterocycles. The molecule has 0 unspecified atom stereocenters. The molecule has 0 amide bonds. The van der Waals surface area contributed by atoms with Gasteiger partial charge in [0, 0.05) is 0 Å². The molecule has 0 aromatic heterocycles. The Bertz CT molecular complexity index is 406. The first-order chi connectivity index (χ1) is 8.45. The topological polar surface area (TPSA) is 18.5 Å². The van der Waals surface area contributed by atoms with Crippen LogP contribution in [0.15, 0.2) is 0 Å². The van der Waals surface area contributed by atoms with Gasteiger partial charge in [-0.15, -0.1) is 0 Å². The van der Waals surface area contributed by atoms with E-state index in [9.17, 15) is 0 Å². The van der Waals surface area contributed by atoms with E-state index in [4.69, 9.17) is 67.1 Å². The van der Waals surface area contributed by atoms with Crippen LogP contribution in [0.5, 0.6) is 0 Å². The standard InChI is InChI=1S/C10H10Cl5O2P/c1-3-16-18(17-4-2)10-8(14)6(12)5(11)7(13)9(10)15/h3-4H2,1-2H3. The lowest BCUT2D eigenvalue weighted by Crippen LogP contribution is -2.11. The van der Waals surface area contributed by atoms with E-state index in [0.29, 0.717) is 18.5 Å². The Morgan fingerprint density at radius 1 is 0.722 bits per heavy atom. The highest BCUT2D eigenvalue weighted by molar-refractivity contribution is 7.56. The molecule has 8 heteroatoms. The van der Waals surface area contributed by atoms with E-state index in [1.165, 1.54) is 0 Å². The highest BCUT2D eigenvalue weighted by Crippen LogP contribution is 2.48. The summed E-state index contributed by atoms with van der Waals surface area (Å²) in [7, 11) is -1.43. The van der Waals surface area contributed by atoms with Gasteiger partial charge in [0.05, 0.1) is 43.6 Å². The molecule has 1 aromatic carbocycles. The third kappa shape index (κ3) is 3.56. The van der Waals surface area contributed by atoms with Crippen LogP contribution in [0.3, 0.4) is 0 Å². The maximum atomic E-state index is 6.14. The predicted molar refractivity (Wildman–Crippen MR) is 81.3 cm³/mol. The van der Waals surface area contributed by atoms with Gasteiger partial charge in [0.2, 0.25) is 8.38 Å². The summed E-state index contributed by atoms with van der Waals surface area (Å²) < 4.78 is 11.0. The van der Waals surface area contributed by atoms with Crippen LogP contribution >= 0.6 is 66.4 Å². The molecule has 0 radical (unpaired) electrons. The summed E-state index contributed by atoms with van der Waals surface area (Å²) in [6.45, 7) is 4.59. The van der Waals surface area contributed by atoms with Crippen LogP contribution in [-0.4, -0.2) is 13.2 Å². The largest absolute Gasteiger partial charge is 0.331 e. The Hall–Kier alpha value is 1.02. The quantitative estimate of drug-likeness (QED) is 0.361. The van der Waals surface area contributed by atoms with Gasteiger partial charge in [-0.1, -0.05) is 58.0 Å². The molecule has 102 valence electrons. The number of rotatable bonds is 5. The Kier molecular flexibility index (Phi) is 7.31. The minimum atomic E-state index is -1.43. The van der Waals surface area contributed by atoms with Crippen LogP contribution in [0.25, 0.3) is 0 Å². The Labute approximate surface area is 132 Å². The smallest absolute Gasteiger partial charge is 0.208 e. The molecule has 0 saturated carbocycles. The molecule has 0 fully saturated rings. The molecule has 0 aliphatic heterocycles. The van der Waals surface area contributed by atoms with Crippen molar-refractivity contribution in [2.75, 3.05) is 13.2 Å². The van der Waals surface area contributed by atoms with Gasteiger partial charge < -0.3 is 9.05 Å². The molecular weight excluding hydrogens is 360 g/mol. The summed E-state index contributed by atoms with van der Waals surface area (Å²) in [6, 6.07) is 0. The Morgan fingerprint density at radius 2 is 1.06 bits per heavy atom. The summed E-state index contributed by atoms with van der Waals surface area (Å²) in [5, 5.41) is 1.30. The SMILES string of the molecule is CCOP(OCC)c1c(Cl)c(Cl)c(Cl)c(Cl)c1Cl. The van der Waals surface area contributed by atoms with Gasteiger partial charge in [-0.25, -0.2) is 0 Å². The van der Waals surface area contributed by atoms with Crippen molar-refractivity contribution in [3.05, 3.63) is 25.1 Å². The second-order valence-electron chi connectivity index (χ2n) is 3.01. The zero-order valence-electron chi connectivity index (χ0n) is 9.57. The van der Waals surface area contributed by atoms with Crippen molar-refractivity contribution in [2.45, 2.75) is 13.8 Å². The number of benzene rings is 1. The molecule has 0 spiro atoms. The minimum absolute atomic E-state index is 0.125. The monoisotopic (exact) mass is 368 g/mol. The van der Waals surface area contributed by atoms with Crippen LogP contribution in [0, 0.1) is 0 Å². The third-order valence-corrected chi connectivity index (χ3v) is 6.20. The molecule has 0 N–H and O–H groups in total. The van der Waals surface area contributed by atoms with E-state index in [0.717, 1.165) is 0 Å². The first-order valence-corrected chi connectivity index (χ1v) is 8.09. The van der Waals surface area contributed by atoms with Crippen molar-refractivity contribution in [3.8, 4) is 0 Å². The lowest BCUT2D eigenvalue weighted by molar-refractivity contribution is 0.277. The van der Waals surface area contributed by atoms with Crippen molar-refractivity contribution in [2.24, 2.45) is 0 Å². The summed E-state index contributed by atoms with van der Waals surface area (Å²) >= 11 is 30.2. The molecule has 2 nitrogen and oxygen atoms in total. The van der Waals surface area contributed by atoms with Gasteiger partial charge in [0.15, 0.2) is 0 Å². The van der Waals surface area contributed by atoms with Gasteiger partial charge in [0.25, 0.3) is 0 Å². The lowest BCUT2D eigenvalue weighted by atomic mass is 10.3. The summed E-state index contributed by atoms with van der Waals surface area (Å²) in [5.41, 5.74) is 0. The minimum Gasteiger partial charge on any atom is -0.331 e. The number of hydrogen-bond acceptors (Lipinski definition) is 2. The predicted octanol–water partition coefficient (Wildman–Crippen LogP) is 5.96. The molecule has 0 aliphatic rings. The zero-order chi connectivity index (χ0) is 13.9. The zero-order valence-corrected chi connectivity index (χ0v) is 14.2. The summed E-state index contributed by atoms with van der Waals surface area (Å²) in [4.78, 5) is 0. The van der Waals surface area contributed by atoms with E-state index in [1.54, 1.807) is 0 Å². The summed E-state index contributed by atoms with van der Waals surface area (Å²) in [6.07, 6.45) is 0. The Morgan fingerprint density at radius 3 is 1.39 bits per heavy atom. The molecule has 1 aromatic rings. The second-order valence-corrected chi connectivity index (χ2v) is 6.38. The molecule has 18 heavy (non-hydrogen) atoms. The van der Waals surface area contributed by atoms with E-state index >= 15 is 0 Å². The summed E-state index contributed by atoms with van der Waals surface area (Å²) in [5.74, 6) is 0. The highest BCUT2D eigenvalue weighted by atomic mass is 35.5. The molecule has 0 atom stereocenters. The van der Waals surface area contributed by atoms with Crippen LogP contribution in [0.1, 0.15) is 13.8 Å². The number of halogens is 5. The van der Waals surface area contributed by atoms with Crippen LogP contribution in [0.2, 0.25) is 25.1 Å². The molecule has 0 saturated heterocycles. The van der Waals surface area contributed by atoms with Crippen LogP contribution in [-0.2, 0) is 9.05 Å². The first-order valence-electron chi connectivity index (χ1n) is 5.03. The molecule has 1 rings (SSSR count). The lowest BCUT2D eigenvalue weighted by Gasteiger charge is -2.20. The van der Waals surface area contributed by atoms with Crippen molar-refractivity contribution in [3.63, 3.8) is 0 Å². The fourth-order valence-electron chi connectivity index (χ4n) is 1.15. The Balaban J connectivity index is 3.37. The van der Waals surface area contributed by atoms with Gasteiger partial charge in [-0.05, 0) is 13.8 Å². The number of hydrogen-bond donors (Lipinski definition) is 0. The average molecular weight is 370 g/mol. The fraction of sp³-hybridized carbons (Fsp3) is 0.400. The van der Waals surface area contributed by atoms with Gasteiger partial charge >= 0.3 is 0 Å². The van der Waals surface area contributed by atoms with Crippen LogP contribution < -0.4 is 5.30 Å². The van der Waals surface area contributed by atoms with E-state index < -0.39 is 8.38 Å². The maximum absolute atomic E-state index is 6.14. The van der Waals surface area contributed by atoms with Crippen molar-refractivity contribution < 1.29 is 9.05 Å². The third-order valence-electron chi connectivity index (χ3n) is 1.86. The normalized spacial score (nSPS) is 11.3. The average Bonchev–Trinajstić information content (AvgIpc) is 2.35. The second kappa shape index (κ2) is 7.71. The van der Waals surface area contributed by atoms with Crippen molar-refractivity contribution in [1.29, 1.82) is 0 Å².